The molecule has 0 saturated heterocycles. The van der Waals surface area contributed by atoms with Gasteiger partial charge in [-0.15, -0.1) is 12.4 Å². The number of benzene rings is 2. The molecule has 1 heterocycles. The Morgan fingerprint density at radius 3 is 2.50 bits per heavy atom. The van der Waals surface area contributed by atoms with Crippen LogP contribution in [0.15, 0.2) is 48.5 Å². The summed E-state index contributed by atoms with van der Waals surface area (Å²) in [6, 6.07) is 16.4. The van der Waals surface area contributed by atoms with E-state index in [0.29, 0.717) is 18.4 Å². The number of rotatable bonds is 7. The van der Waals surface area contributed by atoms with E-state index in [1.807, 2.05) is 30.3 Å². The minimum absolute atomic E-state index is 0. The lowest BCUT2D eigenvalue weighted by Crippen LogP contribution is -2.25. The molecule has 0 aliphatic heterocycles. The van der Waals surface area contributed by atoms with Crippen molar-refractivity contribution in [3.63, 3.8) is 0 Å². The molecule has 1 unspecified atom stereocenters. The van der Waals surface area contributed by atoms with E-state index in [1.54, 1.807) is 0 Å². The predicted octanol–water partition coefficient (Wildman–Crippen LogP) is 6.07. The Kier molecular flexibility index (Phi) is 7.79. The molecule has 1 aliphatic carbocycles. The van der Waals surface area contributed by atoms with Crippen molar-refractivity contribution in [2.24, 2.45) is 0 Å². The molecule has 1 fully saturated rings. The lowest BCUT2D eigenvalue weighted by Gasteiger charge is -2.23. The smallest absolute Gasteiger partial charge is 0.122 e. The maximum absolute atomic E-state index is 10.8. The van der Waals surface area contributed by atoms with Crippen molar-refractivity contribution < 1.29 is 9.84 Å². The molecule has 3 aromatic rings. The third kappa shape index (κ3) is 4.98. The molecule has 0 amide bonds. The van der Waals surface area contributed by atoms with Crippen molar-refractivity contribution >= 4 is 23.4 Å². The zero-order chi connectivity index (χ0) is 20.2. The van der Waals surface area contributed by atoms with Gasteiger partial charge in [0.25, 0.3) is 0 Å². The maximum Gasteiger partial charge on any atom is 0.122 e. The van der Waals surface area contributed by atoms with Crippen molar-refractivity contribution in [3.8, 4) is 5.75 Å². The standard InChI is InChI=1S/C25H32N2O2.ClH/c1-18(2)21-12-6-9-15-24(21)29-17-20(28)16-27-23-14-8-7-13-22(23)26-25(27)19-10-4-3-5-11-19;/h6-9,12-15,18-20,28H,3-5,10-11,16-17H2,1-2H3;1H. The quantitative estimate of drug-likeness (QED) is 0.496. The van der Waals surface area contributed by atoms with Crippen LogP contribution in [-0.4, -0.2) is 27.4 Å². The van der Waals surface area contributed by atoms with Gasteiger partial charge >= 0.3 is 0 Å². The molecule has 0 bridgehead atoms. The Morgan fingerprint density at radius 2 is 1.73 bits per heavy atom. The SMILES string of the molecule is CC(C)c1ccccc1OCC(O)Cn1c(C2CCCCC2)nc2ccccc21.Cl. The van der Waals surface area contributed by atoms with Crippen LogP contribution in [0.1, 0.15) is 69.2 Å². The summed E-state index contributed by atoms with van der Waals surface area (Å²) < 4.78 is 8.25. The molecule has 5 heteroatoms. The summed E-state index contributed by atoms with van der Waals surface area (Å²) in [7, 11) is 0. The molecule has 1 aromatic heterocycles. The number of aromatic nitrogens is 2. The van der Waals surface area contributed by atoms with E-state index in [4.69, 9.17) is 9.72 Å². The third-order valence-corrected chi connectivity index (χ3v) is 6.02. The number of nitrogens with zero attached hydrogens (tertiary/aromatic N) is 2. The number of aliphatic hydroxyl groups is 1. The van der Waals surface area contributed by atoms with Crippen molar-refractivity contribution in [1.82, 2.24) is 9.55 Å². The minimum atomic E-state index is -0.588. The number of hydrogen-bond donors (Lipinski definition) is 1. The van der Waals surface area contributed by atoms with Crippen LogP contribution in [0, 0.1) is 0 Å². The Bertz CT molecular complexity index is 947. The van der Waals surface area contributed by atoms with Crippen molar-refractivity contribution in [2.45, 2.75) is 70.4 Å². The molecule has 30 heavy (non-hydrogen) atoms. The van der Waals surface area contributed by atoms with Gasteiger partial charge < -0.3 is 14.4 Å². The van der Waals surface area contributed by atoms with Gasteiger partial charge in [0.15, 0.2) is 0 Å². The van der Waals surface area contributed by atoms with Gasteiger partial charge in [-0.3, -0.25) is 0 Å². The Labute approximate surface area is 185 Å². The monoisotopic (exact) mass is 428 g/mol. The van der Waals surface area contributed by atoms with Crippen LogP contribution in [-0.2, 0) is 6.54 Å². The van der Waals surface area contributed by atoms with Crippen LogP contribution in [0.5, 0.6) is 5.75 Å². The second-order valence-electron chi connectivity index (χ2n) is 8.56. The number of para-hydroxylation sites is 3. The number of hydrogen-bond acceptors (Lipinski definition) is 3. The highest BCUT2D eigenvalue weighted by Crippen LogP contribution is 2.34. The van der Waals surface area contributed by atoms with Crippen molar-refractivity contribution in [3.05, 3.63) is 59.9 Å². The molecule has 1 atom stereocenters. The van der Waals surface area contributed by atoms with E-state index in [0.717, 1.165) is 22.6 Å². The highest BCUT2D eigenvalue weighted by molar-refractivity contribution is 5.85. The van der Waals surface area contributed by atoms with Gasteiger partial charge in [0.05, 0.1) is 17.6 Å². The summed E-state index contributed by atoms with van der Waals surface area (Å²) in [5, 5.41) is 10.8. The molecule has 1 aliphatic rings. The largest absolute Gasteiger partial charge is 0.491 e. The number of imidazole rings is 1. The topological polar surface area (TPSA) is 47.3 Å². The average molecular weight is 429 g/mol. The summed E-state index contributed by atoms with van der Waals surface area (Å²) in [6.07, 6.45) is 5.66. The van der Waals surface area contributed by atoms with Crippen LogP contribution in [0.3, 0.4) is 0 Å². The zero-order valence-corrected chi connectivity index (χ0v) is 18.8. The molecule has 4 rings (SSSR count). The van der Waals surface area contributed by atoms with Gasteiger partial charge in [-0.2, -0.15) is 0 Å². The van der Waals surface area contributed by atoms with Gasteiger partial charge in [-0.25, -0.2) is 4.98 Å². The number of aliphatic hydroxyl groups excluding tert-OH is 1. The fraction of sp³-hybridized carbons (Fsp3) is 0.480. The molecular weight excluding hydrogens is 396 g/mol. The maximum atomic E-state index is 10.8. The molecule has 4 nitrogen and oxygen atoms in total. The summed E-state index contributed by atoms with van der Waals surface area (Å²) in [4.78, 5) is 4.96. The second-order valence-corrected chi connectivity index (χ2v) is 8.56. The van der Waals surface area contributed by atoms with Crippen LogP contribution < -0.4 is 4.74 Å². The van der Waals surface area contributed by atoms with Crippen LogP contribution in [0.4, 0.5) is 0 Å². The molecule has 0 spiro atoms. The van der Waals surface area contributed by atoms with E-state index < -0.39 is 6.10 Å². The lowest BCUT2D eigenvalue weighted by atomic mass is 9.88. The first-order valence-corrected chi connectivity index (χ1v) is 11.0. The molecule has 1 saturated carbocycles. The average Bonchev–Trinajstić information content (AvgIpc) is 3.11. The highest BCUT2D eigenvalue weighted by atomic mass is 35.5. The Morgan fingerprint density at radius 1 is 1.03 bits per heavy atom. The summed E-state index contributed by atoms with van der Waals surface area (Å²) in [5.41, 5.74) is 3.30. The second kappa shape index (κ2) is 10.3. The van der Waals surface area contributed by atoms with Gasteiger partial charge in [-0.05, 0) is 42.5 Å². The predicted molar refractivity (Wildman–Crippen MR) is 125 cm³/mol. The number of fused-ring (bicyclic) bond motifs is 1. The van der Waals surface area contributed by atoms with Crippen LogP contribution in [0.2, 0.25) is 0 Å². The number of halogens is 1. The first kappa shape index (κ1) is 22.6. The first-order chi connectivity index (χ1) is 14.1. The zero-order valence-electron chi connectivity index (χ0n) is 18.0. The third-order valence-electron chi connectivity index (χ3n) is 6.02. The van der Waals surface area contributed by atoms with Crippen LogP contribution >= 0.6 is 12.4 Å². The van der Waals surface area contributed by atoms with E-state index in [9.17, 15) is 5.11 Å². The van der Waals surface area contributed by atoms with Gasteiger partial charge in [0.2, 0.25) is 0 Å². The molecule has 0 radical (unpaired) electrons. The van der Waals surface area contributed by atoms with E-state index >= 15 is 0 Å². The molecular formula is C25H33ClN2O2. The Hall–Kier alpha value is -2.04. The minimum Gasteiger partial charge on any atom is -0.491 e. The fourth-order valence-corrected chi connectivity index (χ4v) is 4.50. The summed E-state index contributed by atoms with van der Waals surface area (Å²) in [6.45, 7) is 5.11. The molecule has 1 N–H and O–H groups in total. The van der Waals surface area contributed by atoms with Gasteiger partial charge in [0, 0.05) is 5.92 Å². The van der Waals surface area contributed by atoms with Crippen molar-refractivity contribution in [1.29, 1.82) is 0 Å². The fourth-order valence-electron chi connectivity index (χ4n) is 4.50. The molecule has 162 valence electrons. The van der Waals surface area contributed by atoms with Gasteiger partial charge in [-0.1, -0.05) is 63.4 Å². The summed E-state index contributed by atoms with van der Waals surface area (Å²) >= 11 is 0. The lowest BCUT2D eigenvalue weighted by molar-refractivity contribution is 0.0916. The molecule has 2 aromatic carbocycles. The first-order valence-electron chi connectivity index (χ1n) is 11.0. The van der Waals surface area contributed by atoms with Crippen molar-refractivity contribution in [2.75, 3.05) is 6.61 Å². The normalized spacial score (nSPS) is 15.9. The van der Waals surface area contributed by atoms with E-state index in [2.05, 4.69) is 36.6 Å². The summed E-state index contributed by atoms with van der Waals surface area (Å²) in [5.74, 6) is 2.88. The van der Waals surface area contributed by atoms with E-state index in [1.165, 1.54) is 37.7 Å². The van der Waals surface area contributed by atoms with Gasteiger partial charge in [0.1, 0.15) is 24.3 Å². The van der Waals surface area contributed by atoms with E-state index in [-0.39, 0.29) is 19.0 Å². The highest BCUT2D eigenvalue weighted by Gasteiger charge is 2.23. The van der Waals surface area contributed by atoms with Crippen LogP contribution in [0.25, 0.3) is 11.0 Å². The Balaban J connectivity index is 0.00000256. The number of ether oxygens (including phenoxy) is 1.